The predicted molar refractivity (Wildman–Crippen MR) is 94.7 cm³/mol. The van der Waals surface area contributed by atoms with Gasteiger partial charge in [0.2, 0.25) is 5.88 Å². The summed E-state index contributed by atoms with van der Waals surface area (Å²) >= 11 is 3.37. The van der Waals surface area contributed by atoms with E-state index in [0.717, 1.165) is 4.47 Å². The Morgan fingerprint density at radius 3 is 2.84 bits per heavy atom. The Morgan fingerprint density at radius 1 is 1.24 bits per heavy atom. The van der Waals surface area contributed by atoms with Crippen LogP contribution in [0.4, 0.5) is 0 Å². The Balaban J connectivity index is 1.47. The Morgan fingerprint density at radius 2 is 2.04 bits per heavy atom. The molecular weight excluding hydrogens is 388 g/mol. The lowest BCUT2D eigenvalue weighted by Crippen LogP contribution is -2.56. The van der Waals surface area contributed by atoms with Crippen LogP contribution in [-0.2, 0) is 0 Å². The number of halogens is 1. The van der Waals surface area contributed by atoms with Crippen LogP contribution in [0.15, 0.2) is 62.3 Å². The topological polar surface area (TPSA) is 72.6 Å². The highest BCUT2D eigenvalue weighted by Crippen LogP contribution is 2.25. The minimum Gasteiger partial charge on any atom is -0.470 e. The minimum absolute atomic E-state index is 0.0427. The number of carbonyl (C=O) groups excluding carboxylic acids is 1. The molecule has 0 N–H and O–H groups in total. The summed E-state index contributed by atoms with van der Waals surface area (Å²) < 4.78 is 12.1. The van der Waals surface area contributed by atoms with Crippen molar-refractivity contribution >= 4 is 32.8 Å². The van der Waals surface area contributed by atoms with E-state index in [4.69, 9.17) is 9.15 Å². The van der Waals surface area contributed by atoms with Gasteiger partial charge in [-0.05, 0) is 40.2 Å². The lowest BCUT2D eigenvalue weighted by atomic mass is 10.1. The summed E-state index contributed by atoms with van der Waals surface area (Å²) in [7, 11) is 0. The van der Waals surface area contributed by atoms with Crippen molar-refractivity contribution in [2.75, 3.05) is 13.1 Å². The molecule has 2 aromatic heterocycles. The van der Waals surface area contributed by atoms with Crippen LogP contribution in [-0.4, -0.2) is 35.0 Å². The zero-order valence-electron chi connectivity index (χ0n) is 13.0. The molecule has 126 valence electrons. The Hall–Kier alpha value is -2.67. The van der Waals surface area contributed by atoms with Crippen molar-refractivity contribution in [1.82, 2.24) is 9.88 Å². The van der Waals surface area contributed by atoms with Crippen LogP contribution < -0.4 is 10.2 Å². The molecule has 0 atom stereocenters. The first-order valence-electron chi connectivity index (χ1n) is 7.71. The molecule has 1 amide bonds. The van der Waals surface area contributed by atoms with E-state index < -0.39 is 0 Å². The van der Waals surface area contributed by atoms with Crippen molar-refractivity contribution in [3.05, 3.63) is 69.1 Å². The average molecular weight is 401 g/mol. The van der Waals surface area contributed by atoms with Crippen LogP contribution in [0.25, 0.3) is 11.0 Å². The molecule has 0 spiro atoms. The van der Waals surface area contributed by atoms with E-state index in [1.807, 2.05) is 6.07 Å². The molecule has 1 fully saturated rings. The standard InChI is InChI=1S/C18H13BrN2O4/c19-13-5-3-7-20-17(13)24-11-9-21(10-11)18(23)16-8-14(22)12-4-1-2-6-15(12)25-16/h1-8,11H,9-10H2. The van der Waals surface area contributed by atoms with Crippen LogP contribution in [0.3, 0.4) is 0 Å². The highest BCUT2D eigenvalue weighted by atomic mass is 79.9. The Bertz CT molecular complexity index is 1010. The van der Waals surface area contributed by atoms with E-state index in [0.29, 0.717) is 29.9 Å². The molecular formula is C18H13BrN2O4. The Labute approximate surface area is 151 Å². The highest BCUT2D eigenvalue weighted by Gasteiger charge is 2.34. The third kappa shape index (κ3) is 3.02. The minimum atomic E-state index is -0.317. The number of para-hydroxylation sites is 1. The van der Waals surface area contributed by atoms with Gasteiger partial charge in [0.15, 0.2) is 11.2 Å². The average Bonchev–Trinajstić information content (AvgIpc) is 2.58. The van der Waals surface area contributed by atoms with Crippen molar-refractivity contribution in [1.29, 1.82) is 0 Å². The zero-order chi connectivity index (χ0) is 17.4. The molecule has 3 aromatic rings. The lowest BCUT2D eigenvalue weighted by Gasteiger charge is -2.38. The van der Waals surface area contributed by atoms with Gasteiger partial charge in [0.05, 0.1) is 22.9 Å². The molecule has 0 unspecified atom stereocenters. The number of amides is 1. The summed E-state index contributed by atoms with van der Waals surface area (Å²) in [4.78, 5) is 30.3. The molecule has 0 aliphatic carbocycles. The molecule has 3 heterocycles. The van der Waals surface area contributed by atoms with Crippen LogP contribution in [0, 0.1) is 0 Å². The molecule has 6 nitrogen and oxygen atoms in total. The normalized spacial score (nSPS) is 14.4. The predicted octanol–water partition coefficient (Wildman–Crippen LogP) is 2.85. The molecule has 4 rings (SSSR count). The summed E-state index contributed by atoms with van der Waals surface area (Å²) in [5.41, 5.74) is 0.181. The summed E-state index contributed by atoms with van der Waals surface area (Å²) in [5, 5.41) is 0.462. The number of hydrogen-bond acceptors (Lipinski definition) is 5. The first-order chi connectivity index (χ1) is 12.1. The van der Waals surface area contributed by atoms with Gasteiger partial charge >= 0.3 is 0 Å². The van der Waals surface area contributed by atoms with Gasteiger partial charge < -0.3 is 14.1 Å². The van der Waals surface area contributed by atoms with Crippen molar-refractivity contribution < 1.29 is 13.9 Å². The number of rotatable bonds is 3. The van der Waals surface area contributed by atoms with Gasteiger partial charge in [-0.3, -0.25) is 9.59 Å². The number of pyridine rings is 1. The van der Waals surface area contributed by atoms with Gasteiger partial charge in [0.25, 0.3) is 5.91 Å². The second kappa shape index (κ2) is 6.33. The molecule has 7 heteroatoms. The maximum atomic E-state index is 12.5. The molecule has 0 radical (unpaired) electrons. The van der Waals surface area contributed by atoms with Crippen molar-refractivity contribution in [2.24, 2.45) is 0 Å². The first kappa shape index (κ1) is 15.8. The van der Waals surface area contributed by atoms with Gasteiger partial charge in [-0.2, -0.15) is 0 Å². The van der Waals surface area contributed by atoms with Gasteiger partial charge in [-0.1, -0.05) is 12.1 Å². The fourth-order valence-electron chi connectivity index (χ4n) is 2.66. The Kier molecular flexibility index (Phi) is 4.01. The smallest absolute Gasteiger partial charge is 0.289 e. The van der Waals surface area contributed by atoms with E-state index in [-0.39, 0.29) is 23.2 Å². The van der Waals surface area contributed by atoms with Gasteiger partial charge in [-0.25, -0.2) is 4.98 Å². The molecule has 0 bridgehead atoms. The van der Waals surface area contributed by atoms with Gasteiger partial charge in [0.1, 0.15) is 11.7 Å². The monoisotopic (exact) mass is 400 g/mol. The van der Waals surface area contributed by atoms with Crippen LogP contribution in [0.5, 0.6) is 5.88 Å². The molecule has 1 aromatic carbocycles. The van der Waals surface area contributed by atoms with Gasteiger partial charge in [-0.15, -0.1) is 0 Å². The molecule has 1 aliphatic rings. The number of carbonyl (C=O) groups is 1. The maximum Gasteiger partial charge on any atom is 0.289 e. The number of fused-ring (bicyclic) bond motifs is 1. The summed E-state index contributed by atoms with van der Waals surface area (Å²) in [6.45, 7) is 0.830. The number of benzene rings is 1. The highest BCUT2D eigenvalue weighted by molar-refractivity contribution is 9.10. The van der Waals surface area contributed by atoms with E-state index in [2.05, 4.69) is 20.9 Å². The fourth-order valence-corrected chi connectivity index (χ4v) is 3.01. The van der Waals surface area contributed by atoms with Crippen molar-refractivity contribution in [3.63, 3.8) is 0 Å². The first-order valence-corrected chi connectivity index (χ1v) is 8.50. The maximum absolute atomic E-state index is 12.5. The molecule has 25 heavy (non-hydrogen) atoms. The summed E-state index contributed by atoms with van der Waals surface area (Å²) in [6.07, 6.45) is 1.51. The summed E-state index contributed by atoms with van der Waals surface area (Å²) in [6, 6.07) is 11.8. The molecule has 0 saturated carbocycles. The SMILES string of the molecule is O=C(c1cc(=O)c2ccccc2o1)N1CC(Oc2ncccc2Br)C1. The zero-order valence-corrected chi connectivity index (χ0v) is 14.6. The third-order valence-electron chi connectivity index (χ3n) is 3.98. The second-order valence-corrected chi connectivity index (χ2v) is 6.57. The fraction of sp³-hybridized carbons (Fsp3) is 0.167. The van der Waals surface area contributed by atoms with E-state index in [9.17, 15) is 9.59 Å². The number of hydrogen-bond donors (Lipinski definition) is 0. The van der Waals surface area contributed by atoms with Crippen molar-refractivity contribution in [2.45, 2.75) is 6.10 Å². The summed E-state index contributed by atoms with van der Waals surface area (Å²) in [5.74, 6) is 0.223. The van der Waals surface area contributed by atoms with E-state index in [1.165, 1.54) is 6.07 Å². The number of nitrogens with zero attached hydrogens (tertiary/aromatic N) is 2. The van der Waals surface area contributed by atoms with Gasteiger partial charge in [0, 0.05) is 12.3 Å². The van der Waals surface area contributed by atoms with Crippen LogP contribution in [0.2, 0.25) is 0 Å². The van der Waals surface area contributed by atoms with E-state index in [1.54, 1.807) is 41.4 Å². The van der Waals surface area contributed by atoms with Crippen molar-refractivity contribution in [3.8, 4) is 5.88 Å². The van der Waals surface area contributed by atoms with Crippen LogP contribution in [0.1, 0.15) is 10.6 Å². The number of likely N-dealkylation sites (tertiary alicyclic amines) is 1. The van der Waals surface area contributed by atoms with E-state index >= 15 is 0 Å². The molecule has 1 saturated heterocycles. The third-order valence-corrected chi connectivity index (χ3v) is 4.59. The largest absolute Gasteiger partial charge is 0.470 e. The number of aromatic nitrogens is 1. The van der Waals surface area contributed by atoms with Crippen LogP contribution >= 0.6 is 15.9 Å². The number of ether oxygens (including phenoxy) is 1. The quantitative estimate of drug-likeness (QED) is 0.675. The molecule has 1 aliphatic heterocycles. The lowest BCUT2D eigenvalue weighted by molar-refractivity contribution is 0.0135. The second-order valence-electron chi connectivity index (χ2n) is 5.71.